The number of fused-ring (bicyclic) bond motifs is 3. The lowest BCUT2D eigenvalue weighted by molar-refractivity contribution is -0.234. The minimum absolute atomic E-state index is 0.125. The maximum absolute atomic E-state index is 11.7. The number of Topliss-reactive ketones (excluding diaryl/α,β-unsaturated/α-hetero) is 1. The summed E-state index contributed by atoms with van der Waals surface area (Å²) in [7, 11) is 0. The molecule has 2 heterocycles. The van der Waals surface area contributed by atoms with E-state index in [9.17, 15) is 19.8 Å². The van der Waals surface area contributed by atoms with Crippen molar-refractivity contribution in [2.24, 2.45) is 0 Å². The topological polar surface area (TPSA) is 145 Å². The van der Waals surface area contributed by atoms with Gasteiger partial charge in [-0.05, 0) is 12.1 Å². The molecule has 0 fully saturated rings. The minimum atomic E-state index is -3.84. The van der Waals surface area contributed by atoms with Crippen LogP contribution in [0, 0.1) is 0 Å². The molecule has 96 valence electrons. The smallest absolute Gasteiger partial charge is 0.372 e. The third-order valence-electron chi connectivity index (χ3n) is 2.52. The number of carbonyl (C=O) groups is 2. The van der Waals surface area contributed by atoms with Crippen LogP contribution in [0.5, 0.6) is 11.5 Å². The zero-order valence-electron chi connectivity index (χ0n) is 8.69. The first-order valence-electron chi connectivity index (χ1n) is 4.67. The number of phenols is 1. The second kappa shape index (κ2) is 3.42. The molecule has 1 unspecified atom stereocenters. The minimum Gasteiger partial charge on any atom is -0.507 e. The second-order valence-corrected chi connectivity index (χ2v) is 3.73. The molecule has 0 spiro atoms. The molecule has 0 aliphatic carbocycles. The van der Waals surface area contributed by atoms with Crippen LogP contribution in [0.2, 0.25) is 0 Å². The molecule has 2 bridgehead atoms. The second-order valence-electron chi connectivity index (χ2n) is 3.73. The summed E-state index contributed by atoms with van der Waals surface area (Å²) in [4.78, 5) is 22.2. The van der Waals surface area contributed by atoms with Gasteiger partial charge in [-0.25, -0.2) is 4.79 Å². The molecule has 8 nitrogen and oxygen atoms in total. The Kier molecular flexibility index (Phi) is 2.34. The lowest BCUT2D eigenvalue weighted by atomic mass is 9.92. The molecular weight excluding hydrogens is 248 g/mol. The van der Waals surface area contributed by atoms with Gasteiger partial charge in [0.1, 0.15) is 11.5 Å². The monoisotopic (exact) mass is 256 g/mol. The van der Waals surface area contributed by atoms with E-state index in [-0.39, 0.29) is 5.75 Å². The Balaban J connectivity index is 2.51. The first-order chi connectivity index (χ1) is 8.19. The van der Waals surface area contributed by atoms with Gasteiger partial charge in [-0.2, -0.15) is 0 Å². The lowest BCUT2D eigenvalue weighted by Crippen LogP contribution is -2.58. The number of aliphatic carboxylic acids is 1. The highest BCUT2D eigenvalue weighted by Crippen LogP contribution is 2.42. The maximum Gasteiger partial charge on any atom is 0.372 e. The summed E-state index contributed by atoms with van der Waals surface area (Å²) in [6, 6.07) is 3.48. The van der Waals surface area contributed by atoms with Crippen LogP contribution in [0.3, 0.4) is 0 Å². The molecule has 1 atom stereocenters. The van der Waals surface area contributed by atoms with Gasteiger partial charge in [0.15, 0.2) is 0 Å². The number of benzene rings is 1. The fraction of sp³-hybridized carbons (Fsp3) is 0.200. The van der Waals surface area contributed by atoms with Crippen molar-refractivity contribution in [2.75, 3.05) is 0 Å². The summed E-state index contributed by atoms with van der Waals surface area (Å²) in [5, 5.41) is 46.1. The number of aliphatic hydroxyl groups is 3. The van der Waals surface area contributed by atoms with Crippen molar-refractivity contribution >= 4 is 11.8 Å². The summed E-state index contributed by atoms with van der Waals surface area (Å²) in [6.07, 6.45) is 0. The van der Waals surface area contributed by atoms with Crippen LogP contribution >= 0.6 is 0 Å². The molecule has 18 heavy (non-hydrogen) atoms. The van der Waals surface area contributed by atoms with Gasteiger partial charge in [-0.15, -0.1) is 0 Å². The van der Waals surface area contributed by atoms with E-state index in [1.165, 1.54) is 6.07 Å². The van der Waals surface area contributed by atoms with E-state index in [1.54, 1.807) is 0 Å². The molecular formula is C10H8O8. The number of carbonyl (C=O) groups excluding carboxylic acids is 1. The van der Waals surface area contributed by atoms with Crippen molar-refractivity contribution in [1.82, 2.24) is 0 Å². The van der Waals surface area contributed by atoms with E-state index in [1.807, 2.05) is 0 Å². The van der Waals surface area contributed by atoms with Crippen LogP contribution in [0.1, 0.15) is 5.56 Å². The first kappa shape index (κ1) is 12.3. The maximum atomic E-state index is 11.7. The molecule has 2 aliphatic rings. The quantitative estimate of drug-likeness (QED) is 0.316. The lowest BCUT2D eigenvalue weighted by Gasteiger charge is -2.34. The number of phenolic OH excluding ortho intramolecular Hbond substituents is 1. The number of carboxylic acids is 1. The molecule has 0 radical (unpaired) electrons. The SMILES string of the molecule is O=C(O)C(O)(O)C(=O)C1(O)Oc2ccc1c(O)c2. The van der Waals surface area contributed by atoms with E-state index >= 15 is 0 Å². The third kappa shape index (κ3) is 1.44. The molecule has 1 aromatic rings. The van der Waals surface area contributed by atoms with Crippen molar-refractivity contribution in [3.8, 4) is 11.5 Å². The van der Waals surface area contributed by atoms with E-state index in [2.05, 4.69) is 0 Å². The largest absolute Gasteiger partial charge is 0.507 e. The molecule has 8 heteroatoms. The van der Waals surface area contributed by atoms with Crippen molar-refractivity contribution in [2.45, 2.75) is 11.6 Å². The van der Waals surface area contributed by atoms with Gasteiger partial charge in [-0.3, -0.25) is 4.79 Å². The Labute approximate surface area is 99.3 Å². The Morgan fingerprint density at radius 3 is 2.33 bits per heavy atom. The van der Waals surface area contributed by atoms with Crippen LogP contribution in [-0.4, -0.2) is 43.1 Å². The fourth-order valence-corrected chi connectivity index (χ4v) is 1.59. The number of ether oxygens (including phenoxy) is 1. The molecule has 0 saturated carbocycles. The van der Waals surface area contributed by atoms with Crippen molar-refractivity contribution in [1.29, 1.82) is 0 Å². The Bertz CT molecular complexity index is 549. The molecule has 0 saturated heterocycles. The molecule has 0 amide bonds. The zero-order chi connectivity index (χ0) is 13.7. The molecule has 1 aromatic carbocycles. The van der Waals surface area contributed by atoms with Gasteiger partial charge in [0, 0.05) is 6.07 Å². The Morgan fingerprint density at radius 2 is 1.89 bits per heavy atom. The standard InChI is InChI=1S/C10H8O8/c11-6-3-4-1-2-5(6)10(17,18-4)7(12)9(15,16)8(13)14/h1-3,11,15-17H,(H,13,14). The van der Waals surface area contributed by atoms with E-state index in [0.29, 0.717) is 0 Å². The highest BCUT2D eigenvalue weighted by atomic mass is 16.6. The first-order valence-corrected chi connectivity index (χ1v) is 4.67. The Morgan fingerprint density at radius 1 is 1.28 bits per heavy atom. The highest BCUT2D eigenvalue weighted by Gasteiger charge is 2.58. The van der Waals surface area contributed by atoms with E-state index in [4.69, 9.17) is 20.1 Å². The summed E-state index contributed by atoms with van der Waals surface area (Å²) < 4.78 is 4.72. The summed E-state index contributed by atoms with van der Waals surface area (Å²) in [5.41, 5.74) is -0.476. The Hall–Kier alpha value is -2.16. The fourth-order valence-electron chi connectivity index (χ4n) is 1.59. The number of ketones is 1. The van der Waals surface area contributed by atoms with Crippen molar-refractivity contribution in [3.63, 3.8) is 0 Å². The van der Waals surface area contributed by atoms with E-state index in [0.717, 1.165) is 12.1 Å². The van der Waals surface area contributed by atoms with Crippen LogP contribution in [0.4, 0.5) is 0 Å². The van der Waals surface area contributed by atoms with Gasteiger partial charge >= 0.3 is 17.5 Å². The molecule has 2 aliphatic heterocycles. The molecule has 5 N–H and O–H groups in total. The van der Waals surface area contributed by atoms with Crippen LogP contribution in [0.15, 0.2) is 18.2 Å². The summed E-state index contributed by atoms with van der Waals surface area (Å²) in [6.45, 7) is 0. The normalized spacial score (nSPS) is 21.5. The number of rotatable bonds is 3. The van der Waals surface area contributed by atoms with E-state index < -0.39 is 34.6 Å². The predicted molar refractivity (Wildman–Crippen MR) is 52.4 cm³/mol. The van der Waals surface area contributed by atoms with Gasteiger partial charge < -0.3 is 30.3 Å². The molecule has 3 rings (SSSR count). The van der Waals surface area contributed by atoms with Gasteiger partial charge in [0.2, 0.25) is 0 Å². The average Bonchev–Trinajstić information content (AvgIpc) is 2.27. The van der Waals surface area contributed by atoms with Gasteiger partial charge in [-0.1, -0.05) is 0 Å². The number of aromatic hydroxyl groups is 1. The van der Waals surface area contributed by atoms with Crippen LogP contribution < -0.4 is 4.74 Å². The summed E-state index contributed by atoms with van der Waals surface area (Å²) in [5.74, 6) is -11.7. The highest BCUT2D eigenvalue weighted by molar-refractivity contribution is 6.08. The third-order valence-corrected chi connectivity index (χ3v) is 2.52. The molecule has 0 aromatic heterocycles. The predicted octanol–water partition coefficient (Wildman–Crippen LogP) is -1.74. The zero-order valence-corrected chi connectivity index (χ0v) is 8.69. The number of hydrogen-bond acceptors (Lipinski definition) is 7. The average molecular weight is 256 g/mol. The number of carboxylic acid groups (broad SMARTS) is 1. The number of hydrogen-bond donors (Lipinski definition) is 5. The van der Waals surface area contributed by atoms with Gasteiger partial charge in [0.05, 0.1) is 5.56 Å². The van der Waals surface area contributed by atoms with Gasteiger partial charge in [0.25, 0.3) is 5.78 Å². The van der Waals surface area contributed by atoms with Crippen molar-refractivity contribution < 1.29 is 39.9 Å². The van der Waals surface area contributed by atoms with Crippen LogP contribution in [-0.2, 0) is 15.4 Å². The van der Waals surface area contributed by atoms with Crippen LogP contribution in [0.25, 0.3) is 0 Å². The summed E-state index contributed by atoms with van der Waals surface area (Å²) >= 11 is 0. The van der Waals surface area contributed by atoms with Crippen molar-refractivity contribution in [3.05, 3.63) is 23.8 Å².